The van der Waals surface area contributed by atoms with Crippen LogP contribution < -0.4 is 15.4 Å². The fourth-order valence-corrected chi connectivity index (χ4v) is 4.64. The summed E-state index contributed by atoms with van der Waals surface area (Å²) in [6, 6.07) is 5.67. The van der Waals surface area contributed by atoms with Crippen LogP contribution >= 0.6 is 0 Å². The van der Waals surface area contributed by atoms with Crippen LogP contribution in [0.5, 0.6) is 0 Å². The lowest BCUT2D eigenvalue weighted by Crippen LogP contribution is -2.37. The molecule has 1 saturated heterocycles. The maximum absolute atomic E-state index is 14.3. The van der Waals surface area contributed by atoms with Crippen molar-refractivity contribution in [3.05, 3.63) is 69.1 Å². The highest BCUT2D eigenvalue weighted by Crippen LogP contribution is 2.38. The third-order valence-corrected chi connectivity index (χ3v) is 6.21. The molecular weight excluding hydrogens is 402 g/mol. The first-order valence-electron chi connectivity index (χ1n) is 10.5. The van der Waals surface area contributed by atoms with Crippen molar-refractivity contribution in [2.45, 2.75) is 26.3 Å². The summed E-state index contributed by atoms with van der Waals surface area (Å²) >= 11 is 0. The summed E-state index contributed by atoms with van der Waals surface area (Å²) in [6.45, 7) is 7.04. The first-order valence-corrected chi connectivity index (χ1v) is 10.5. The third-order valence-electron chi connectivity index (χ3n) is 6.21. The maximum Gasteiger partial charge on any atom is 0.259 e. The van der Waals surface area contributed by atoms with Crippen molar-refractivity contribution in [2.24, 2.45) is 0 Å². The third kappa shape index (κ3) is 3.44. The van der Waals surface area contributed by atoms with Gasteiger partial charge in [-0.15, -0.1) is 0 Å². The van der Waals surface area contributed by atoms with E-state index in [-0.39, 0.29) is 11.6 Å². The van der Waals surface area contributed by atoms with Gasteiger partial charge in [0.25, 0.3) is 5.56 Å². The summed E-state index contributed by atoms with van der Waals surface area (Å²) in [5.41, 5.74) is 3.28. The molecule has 31 heavy (non-hydrogen) atoms. The maximum atomic E-state index is 14.3. The van der Waals surface area contributed by atoms with Crippen molar-refractivity contribution in [3.63, 3.8) is 0 Å². The molecule has 0 N–H and O–H groups in total. The Morgan fingerprint density at radius 3 is 2.65 bits per heavy atom. The Morgan fingerprint density at radius 1 is 1.10 bits per heavy atom. The van der Waals surface area contributed by atoms with E-state index in [1.54, 1.807) is 16.7 Å². The lowest BCUT2D eigenvalue weighted by atomic mass is 10.1. The van der Waals surface area contributed by atoms with Crippen molar-refractivity contribution in [1.29, 1.82) is 0 Å². The van der Waals surface area contributed by atoms with Gasteiger partial charge >= 0.3 is 0 Å². The second kappa shape index (κ2) is 7.60. The Morgan fingerprint density at radius 2 is 1.87 bits per heavy atom. The number of hydrogen-bond donors (Lipinski definition) is 0. The van der Waals surface area contributed by atoms with E-state index in [1.807, 2.05) is 24.8 Å². The quantitative estimate of drug-likeness (QED) is 0.644. The second-order valence-electron chi connectivity index (χ2n) is 8.22. The molecule has 8 heteroatoms. The van der Waals surface area contributed by atoms with E-state index in [0.29, 0.717) is 62.0 Å². The fourth-order valence-electron chi connectivity index (χ4n) is 4.64. The van der Waals surface area contributed by atoms with Crippen molar-refractivity contribution in [1.82, 2.24) is 9.38 Å². The van der Waals surface area contributed by atoms with Crippen LogP contribution in [0.25, 0.3) is 5.65 Å². The normalized spacial score (nSPS) is 17.3. The second-order valence-corrected chi connectivity index (χ2v) is 8.22. The number of aromatic nitrogens is 2. The Labute approximate surface area is 178 Å². The van der Waals surface area contributed by atoms with Crippen LogP contribution in [0.1, 0.15) is 29.7 Å². The van der Waals surface area contributed by atoms with E-state index in [1.165, 1.54) is 6.07 Å². The Bertz CT molecular complexity index is 1220. The molecule has 2 aliphatic heterocycles. The molecule has 0 saturated carbocycles. The zero-order chi connectivity index (χ0) is 21.7. The molecular formula is C23H24F2N4O2. The van der Waals surface area contributed by atoms with E-state index in [0.717, 1.165) is 17.2 Å². The molecule has 162 valence electrons. The zero-order valence-electron chi connectivity index (χ0n) is 17.6. The number of rotatable bonds is 3. The van der Waals surface area contributed by atoms with Crippen LogP contribution in [0.4, 0.5) is 20.3 Å². The predicted molar refractivity (Wildman–Crippen MR) is 115 cm³/mol. The lowest BCUT2D eigenvalue weighted by Gasteiger charge is -2.30. The zero-order valence-corrected chi connectivity index (χ0v) is 17.6. The first kappa shape index (κ1) is 19.9. The molecule has 3 aromatic rings. The van der Waals surface area contributed by atoms with Gasteiger partial charge in [0.2, 0.25) is 0 Å². The number of halogens is 2. The summed E-state index contributed by atoms with van der Waals surface area (Å²) in [4.78, 5) is 21.8. The minimum absolute atomic E-state index is 0.150. The monoisotopic (exact) mass is 426 g/mol. The van der Waals surface area contributed by atoms with Gasteiger partial charge in [0.1, 0.15) is 23.1 Å². The molecule has 1 atom stereocenters. The van der Waals surface area contributed by atoms with Gasteiger partial charge in [0.15, 0.2) is 0 Å². The Kier molecular flexibility index (Phi) is 4.89. The summed E-state index contributed by atoms with van der Waals surface area (Å²) in [6.07, 6.45) is 2.29. The van der Waals surface area contributed by atoms with Gasteiger partial charge in [-0.1, -0.05) is 0 Å². The molecule has 0 spiro atoms. The Hall–Kier alpha value is -3.00. The van der Waals surface area contributed by atoms with Gasteiger partial charge in [-0.05, 0) is 38.0 Å². The molecule has 1 fully saturated rings. The van der Waals surface area contributed by atoms with Gasteiger partial charge in [0, 0.05) is 54.8 Å². The number of hydrogen-bond acceptors (Lipinski definition) is 5. The molecule has 0 bridgehead atoms. The van der Waals surface area contributed by atoms with Crippen LogP contribution in [0.15, 0.2) is 35.3 Å². The summed E-state index contributed by atoms with van der Waals surface area (Å²) < 4.78 is 35.2. The molecule has 5 rings (SSSR count). The standard InChI is InChI=1S/C23H24F2N4O2/c1-14-9-18(15(2)28-4-3-17-19(25)10-16(24)11-20(17)28)23-26-21(12-22(30)29(23)13-14)27-5-7-31-8-6-27/h9-13,15H,3-8H2,1-2H3. The van der Waals surface area contributed by atoms with Crippen LogP contribution in [0.3, 0.4) is 0 Å². The highest BCUT2D eigenvalue weighted by Gasteiger charge is 2.29. The highest BCUT2D eigenvalue weighted by molar-refractivity contribution is 5.63. The smallest absolute Gasteiger partial charge is 0.259 e. The Balaban J connectivity index is 1.63. The molecule has 1 aromatic carbocycles. The van der Waals surface area contributed by atoms with Crippen molar-refractivity contribution in [2.75, 3.05) is 42.6 Å². The van der Waals surface area contributed by atoms with Gasteiger partial charge in [-0.3, -0.25) is 9.20 Å². The average Bonchev–Trinajstić information content (AvgIpc) is 3.18. The number of benzene rings is 1. The van der Waals surface area contributed by atoms with E-state index in [2.05, 4.69) is 4.90 Å². The van der Waals surface area contributed by atoms with Crippen LogP contribution in [0.2, 0.25) is 0 Å². The highest BCUT2D eigenvalue weighted by atomic mass is 19.1. The molecule has 4 heterocycles. The number of ether oxygens (including phenoxy) is 1. The summed E-state index contributed by atoms with van der Waals surface area (Å²) in [5, 5.41) is 0. The molecule has 2 aliphatic rings. The van der Waals surface area contributed by atoms with E-state index in [9.17, 15) is 13.6 Å². The molecule has 2 aromatic heterocycles. The van der Waals surface area contributed by atoms with Gasteiger partial charge < -0.3 is 14.5 Å². The van der Waals surface area contributed by atoms with Crippen LogP contribution in [0, 0.1) is 18.6 Å². The molecule has 6 nitrogen and oxygen atoms in total. The van der Waals surface area contributed by atoms with Crippen molar-refractivity contribution in [3.8, 4) is 0 Å². The molecule has 1 unspecified atom stereocenters. The number of aryl methyl sites for hydroxylation is 1. The van der Waals surface area contributed by atoms with Crippen molar-refractivity contribution < 1.29 is 13.5 Å². The number of morpholine rings is 1. The lowest BCUT2D eigenvalue weighted by molar-refractivity contribution is 0.122. The summed E-state index contributed by atoms with van der Waals surface area (Å²) in [5.74, 6) is -0.472. The molecule has 0 amide bonds. The number of anilines is 2. The predicted octanol–water partition coefficient (Wildman–Crippen LogP) is 3.24. The fraction of sp³-hybridized carbons (Fsp3) is 0.391. The van der Waals surface area contributed by atoms with E-state index < -0.39 is 11.6 Å². The topological polar surface area (TPSA) is 50.1 Å². The average molecular weight is 426 g/mol. The number of fused-ring (bicyclic) bond motifs is 2. The first-order chi connectivity index (χ1) is 14.9. The number of pyridine rings is 1. The minimum atomic E-state index is -0.589. The molecule has 0 radical (unpaired) electrons. The van der Waals surface area contributed by atoms with E-state index in [4.69, 9.17) is 9.72 Å². The SMILES string of the molecule is Cc1cc(C(C)N2CCc3c(F)cc(F)cc32)c2nc(N3CCOCC3)cc(=O)n2c1. The largest absolute Gasteiger partial charge is 0.378 e. The minimum Gasteiger partial charge on any atom is -0.378 e. The van der Waals surface area contributed by atoms with Crippen LogP contribution in [-0.4, -0.2) is 42.2 Å². The number of nitrogens with zero attached hydrogens (tertiary/aromatic N) is 4. The van der Waals surface area contributed by atoms with Gasteiger partial charge in [-0.2, -0.15) is 0 Å². The van der Waals surface area contributed by atoms with Gasteiger partial charge in [0.05, 0.1) is 19.3 Å². The molecule has 0 aliphatic carbocycles. The van der Waals surface area contributed by atoms with Crippen LogP contribution in [-0.2, 0) is 11.2 Å². The van der Waals surface area contributed by atoms with Crippen molar-refractivity contribution >= 4 is 17.2 Å². The van der Waals surface area contributed by atoms with Gasteiger partial charge in [-0.25, -0.2) is 13.8 Å². The van der Waals surface area contributed by atoms with E-state index >= 15 is 0 Å². The summed E-state index contributed by atoms with van der Waals surface area (Å²) in [7, 11) is 0.